The molecule has 19 heavy (non-hydrogen) atoms. The zero-order valence-electron chi connectivity index (χ0n) is 11.9. The molecule has 0 bridgehead atoms. The van der Waals surface area contributed by atoms with E-state index >= 15 is 0 Å². The molecule has 1 aromatic rings. The molecule has 2 N–H and O–H groups in total. The van der Waals surface area contributed by atoms with Crippen molar-refractivity contribution in [1.29, 1.82) is 0 Å². The van der Waals surface area contributed by atoms with Crippen molar-refractivity contribution in [1.82, 2.24) is 10.6 Å². The van der Waals surface area contributed by atoms with E-state index in [1.807, 2.05) is 44.2 Å². The van der Waals surface area contributed by atoms with Crippen LogP contribution >= 0.6 is 0 Å². The topological polar surface area (TPSA) is 41.1 Å². The Kier molecular flexibility index (Phi) is 4.59. The van der Waals surface area contributed by atoms with E-state index < -0.39 is 5.41 Å². The molecule has 0 aliphatic carbocycles. The number of benzene rings is 1. The highest BCUT2D eigenvalue weighted by Crippen LogP contribution is 2.23. The number of carbonyl (C=O) groups excluding carboxylic acids is 1. The fourth-order valence-electron chi connectivity index (χ4n) is 2.56. The maximum Gasteiger partial charge on any atom is 0.230 e. The van der Waals surface area contributed by atoms with Crippen molar-refractivity contribution in [3.63, 3.8) is 0 Å². The third kappa shape index (κ3) is 3.57. The molecule has 3 heteroatoms. The van der Waals surface area contributed by atoms with Gasteiger partial charge in [-0.15, -0.1) is 0 Å². The van der Waals surface area contributed by atoms with Gasteiger partial charge in [-0.1, -0.05) is 30.3 Å². The second-order valence-electron chi connectivity index (χ2n) is 5.89. The first-order chi connectivity index (χ1) is 9.10. The van der Waals surface area contributed by atoms with Crippen LogP contribution in [0.5, 0.6) is 0 Å². The molecule has 0 spiro atoms. The maximum atomic E-state index is 12.3. The van der Waals surface area contributed by atoms with Gasteiger partial charge in [-0.05, 0) is 51.3 Å². The van der Waals surface area contributed by atoms with Gasteiger partial charge >= 0.3 is 0 Å². The van der Waals surface area contributed by atoms with Crippen LogP contribution in [0.15, 0.2) is 30.3 Å². The summed E-state index contributed by atoms with van der Waals surface area (Å²) in [5.41, 5.74) is 0.602. The lowest BCUT2D eigenvalue weighted by Crippen LogP contribution is -2.40. The summed E-state index contributed by atoms with van der Waals surface area (Å²) in [4.78, 5) is 12.3. The van der Waals surface area contributed by atoms with E-state index in [1.165, 1.54) is 6.42 Å². The molecular formula is C16H24N2O. The Hall–Kier alpha value is -1.35. The molecule has 1 fully saturated rings. The summed E-state index contributed by atoms with van der Waals surface area (Å²) in [5, 5.41) is 6.44. The number of carbonyl (C=O) groups is 1. The Labute approximate surface area is 115 Å². The molecule has 1 heterocycles. The highest BCUT2D eigenvalue weighted by molar-refractivity contribution is 5.87. The van der Waals surface area contributed by atoms with Crippen LogP contribution in [-0.2, 0) is 10.2 Å². The smallest absolute Gasteiger partial charge is 0.230 e. The van der Waals surface area contributed by atoms with Crippen LogP contribution in [0.25, 0.3) is 0 Å². The molecule has 1 aliphatic rings. The molecule has 2 rings (SSSR count). The minimum Gasteiger partial charge on any atom is -0.355 e. The lowest BCUT2D eigenvalue weighted by atomic mass is 9.83. The lowest BCUT2D eigenvalue weighted by Gasteiger charge is -2.24. The van der Waals surface area contributed by atoms with Gasteiger partial charge in [0.2, 0.25) is 5.91 Å². The predicted molar refractivity (Wildman–Crippen MR) is 78.1 cm³/mol. The summed E-state index contributed by atoms with van der Waals surface area (Å²) in [6.45, 7) is 6.96. The summed E-state index contributed by atoms with van der Waals surface area (Å²) in [7, 11) is 0. The molecule has 1 atom stereocenters. The quantitative estimate of drug-likeness (QED) is 0.851. The normalized spacial score (nSPS) is 19.4. The fourth-order valence-corrected chi connectivity index (χ4v) is 2.56. The molecule has 0 radical (unpaired) electrons. The molecule has 0 aromatic heterocycles. The van der Waals surface area contributed by atoms with Crippen molar-refractivity contribution in [2.24, 2.45) is 5.92 Å². The molecule has 0 saturated carbocycles. The molecular weight excluding hydrogens is 236 g/mol. The largest absolute Gasteiger partial charge is 0.355 e. The first-order valence-electron chi connectivity index (χ1n) is 7.15. The van der Waals surface area contributed by atoms with Crippen molar-refractivity contribution in [3.8, 4) is 0 Å². The van der Waals surface area contributed by atoms with Crippen molar-refractivity contribution in [2.45, 2.75) is 32.1 Å². The van der Waals surface area contributed by atoms with Gasteiger partial charge in [0.15, 0.2) is 0 Å². The van der Waals surface area contributed by atoms with Gasteiger partial charge in [0, 0.05) is 6.54 Å². The van der Waals surface area contributed by atoms with E-state index in [0.29, 0.717) is 0 Å². The van der Waals surface area contributed by atoms with Crippen molar-refractivity contribution < 1.29 is 4.79 Å². The summed E-state index contributed by atoms with van der Waals surface area (Å²) in [5.74, 6) is 0.838. The predicted octanol–water partition coefficient (Wildman–Crippen LogP) is 2.08. The minimum atomic E-state index is -0.463. The summed E-state index contributed by atoms with van der Waals surface area (Å²) < 4.78 is 0. The Balaban J connectivity index is 1.84. The number of nitrogens with one attached hydrogen (secondary N) is 2. The van der Waals surface area contributed by atoms with Gasteiger partial charge in [0.1, 0.15) is 0 Å². The molecule has 104 valence electrons. The van der Waals surface area contributed by atoms with Crippen molar-refractivity contribution >= 4 is 5.91 Å². The van der Waals surface area contributed by atoms with Crippen LogP contribution in [0.2, 0.25) is 0 Å². The van der Waals surface area contributed by atoms with Gasteiger partial charge in [-0.2, -0.15) is 0 Å². The Bertz CT molecular complexity index is 408. The zero-order chi connectivity index (χ0) is 13.7. The van der Waals surface area contributed by atoms with Gasteiger partial charge in [-0.25, -0.2) is 0 Å². The zero-order valence-corrected chi connectivity index (χ0v) is 11.9. The van der Waals surface area contributed by atoms with E-state index in [9.17, 15) is 4.79 Å². The van der Waals surface area contributed by atoms with Crippen molar-refractivity contribution in [2.75, 3.05) is 19.6 Å². The molecule has 3 nitrogen and oxygen atoms in total. The Morgan fingerprint density at radius 1 is 1.37 bits per heavy atom. The van der Waals surface area contributed by atoms with E-state index in [-0.39, 0.29) is 5.91 Å². The highest BCUT2D eigenvalue weighted by Gasteiger charge is 2.29. The number of rotatable bonds is 5. The highest BCUT2D eigenvalue weighted by atomic mass is 16.2. The van der Waals surface area contributed by atoms with Gasteiger partial charge in [-0.3, -0.25) is 4.79 Å². The lowest BCUT2D eigenvalue weighted by molar-refractivity contribution is -0.125. The van der Waals surface area contributed by atoms with E-state index in [1.54, 1.807) is 0 Å². The number of hydrogen-bond acceptors (Lipinski definition) is 2. The Morgan fingerprint density at radius 2 is 2.11 bits per heavy atom. The summed E-state index contributed by atoms with van der Waals surface area (Å²) >= 11 is 0. The fraction of sp³-hybridized carbons (Fsp3) is 0.562. The number of amides is 1. The van der Waals surface area contributed by atoms with Crippen LogP contribution in [0.3, 0.4) is 0 Å². The van der Waals surface area contributed by atoms with Crippen molar-refractivity contribution in [3.05, 3.63) is 35.9 Å². The maximum absolute atomic E-state index is 12.3. The third-order valence-corrected chi connectivity index (χ3v) is 4.06. The standard InChI is InChI=1S/C16H24N2O/c1-16(2,14-6-4-3-5-7-14)15(19)18-11-9-13-8-10-17-12-13/h3-7,13,17H,8-12H2,1-2H3,(H,18,19). The molecule has 1 unspecified atom stereocenters. The van der Waals surface area contributed by atoms with Crippen LogP contribution in [-0.4, -0.2) is 25.5 Å². The average molecular weight is 260 g/mol. The second-order valence-corrected chi connectivity index (χ2v) is 5.89. The summed E-state index contributed by atoms with van der Waals surface area (Å²) in [6, 6.07) is 9.97. The molecule has 1 aliphatic heterocycles. The van der Waals surface area contributed by atoms with Crippen LogP contribution in [0.1, 0.15) is 32.3 Å². The van der Waals surface area contributed by atoms with Gasteiger partial charge in [0.25, 0.3) is 0 Å². The van der Waals surface area contributed by atoms with Crippen LogP contribution in [0, 0.1) is 5.92 Å². The Morgan fingerprint density at radius 3 is 2.74 bits per heavy atom. The van der Waals surface area contributed by atoms with E-state index in [0.717, 1.165) is 37.5 Å². The van der Waals surface area contributed by atoms with E-state index in [4.69, 9.17) is 0 Å². The molecule has 1 saturated heterocycles. The molecule has 1 amide bonds. The average Bonchev–Trinajstić information content (AvgIpc) is 2.93. The monoisotopic (exact) mass is 260 g/mol. The molecule has 1 aromatic carbocycles. The van der Waals surface area contributed by atoms with Crippen LogP contribution in [0.4, 0.5) is 0 Å². The minimum absolute atomic E-state index is 0.115. The first-order valence-corrected chi connectivity index (χ1v) is 7.15. The SMILES string of the molecule is CC(C)(C(=O)NCCC1CCNC1)c1ccccc1. The summed E-state index contributed by atoms with van der Waals surface area (Å²) in [6.07, 6.45) is 2.31. The second kappa shape index (κ2) is 6.20. The van der Waals surface area contributed by atoms with Gasteiger partial charge < -0.3 is 10.6 Å². The first kappa shape index (κ1) is 14.1. The van der Waals surface area contributed by atoms with Crippen LogP contribution < -0.4 is 10.6 Å². The van der Waals surface area contributed by atoms with E-state index in [2.05, 4.69) is 10.6 Å². The third-order valence-electron chi connectivity index (χ3n) is 4.06. The van der Waals surface area contributed by atoms with Gasteiger partial charge in [0.05, 0.1) is 5.41 Å². The number of hydrogen-bond donors (Lipinski definition) is 2.